The third kappa shape index (κ3) is 3.05. The molecule has 1 heterocycles. The van der Waals surface area contributed by atoms with Gasteiger partial charge in [-0.05, 0) is 30.7 Å². The number of carbonyl (C=O) groups excluding carboxylic acids is 1. The van der Waals surface area contributed by atoms with Gasteiger partial charge in [-0.2, -0.15) is 10.2 Å². The lowest BCUT2D eigenvalue weighted by Crippen LogP contribution is -2.26. The standard InChI is InChI=1S/C13H12ClN3O/c1-9(10-2-4-12(14)5-3-10)17-13(18)11-6-7-15-16-8-11/h2-9H,1H3,(H,17,18). The van der Waals surface area contributed by atoms with Gasteiger partial charge >= 0.3 is 0 Å². The van der Waals surface area contributed by atoms with Crippen LogP contribution < -0.4 is 5.32 Å². The lowest BCUT2D eigenvalue weighted by atomic mass is 10.1. The van der Waals surface area contributed by atoms with Crippen molar-refractivity contribution < 1.29 is 4.79 Å². The van der Waals surface area contributed by atoms with E-state index in [2.05, 4.69) is 15.5 Å². The van der Waals surface area contributed by atoms with Crippen molar-refractivity contribution in [2.24, 2.45) is 0 Å². The molecule has 2 aromatic rings. The van der Waals surface area contributed by atoms with Gasteiger partial charge in [0.2, 0.25) is 0 Å². The average molecular weight is 262 g/mol. The van der Waals surface area contributed by atoms with E-state index in [1.165, 1.54) is 12.4 Å². The van der Waals surface area contributed by atoms with E-state index in [9.17, 15) is 4.79 Å². The maximum Gasteiger partial charge on any atom is 0.253 e. The summed E-state index contributed by atoms with van der Waals surface area (Å²) < 4.78 is 0. The molecule has 0 saturated heterocycles. The molecule has 0 saturated carbocycles. The molecule has 2 rings (SSSR count). The van der Waals surface area contributed by atoms with E-state index in [4.69, 9.17) is 11.6 Å². The number of amides is 1. The topological polar surface area (TPSA) is 54.9 Å². The van der Waals surface area contributed by atoms with Crippen LogP contribution in [-0.2, 0) is 0 Å². The third-order valence-electron chi connectivity index (χ3n) is 2.56. The van der Waals surface area contributed by atoms with Crippen molar-refractivity contribution in [1.29, 1.82) is 0 Å². The summed E-state index contributed by atoms with van der Waals surface area (Å²) in [5.41, 5.74) is 1.49. The number of nitrogens with one attached hydrogen (secondary N) is 1. The van der Waals surface area contributed by atoms with Gasteiger partial charge in [-0.15, -0.1) is 0 Å². The summed E-state index contributed by atoms with van der Waals surface area (Å²) in [5, 5.41) is 10.9. The van der Waals surface area contributed by atoms with Gasteiger partial charge in [0.1, 0.15) is 0 Å². The van der Waals surface area contributed by atoms with E-state index in [1.807, 2.05) is 19.1 Å². The Morgan fingerprint density at radius 2 is 1.94 bits per heavy atom. The number of carbonyl (C=O) groups is 1. The summed E-state index contributed by atoms with van der Waals surface area (Å²) in [4.78, 5) is 11.9. The van der Waals surface area contributed by atoms with Crippen molar-refractivity contribution in [2.45, 2.75) is 13.0 Å². The fraction of sp³-hybridized carbons (Fsp3) is 0.154. The highest BCUT2D eigenvalue weighted by Gasteiger charge is 2.11. The van der Waals surface area contributed by atoms with Crippen LogP contribution in [0.3, 0.4) is 0 Å². The number of nitrogens with zero attached hydrogens (tertiary/aromatic N) is 2. The van der Waals surface area contributed by atoms with Crippen molar-refractivity contribution in [3.8, 4) is 0 Å². The summed E-state index contributed by atoms with van der Waals surface area (Å²) in [6, 6.07) is 8.90. The van der Waals surface area contributed by atoms with E-state index in [0.717, 1.165) is 5.56 Å². The zero-order valence-corrected chi connectivity index (χ0v) is 10.6. The molecule has 0 radical (unpaired) electrons. The van der Waals surface area contributed by atoms with Crippen LogP contribution in [0.2, 0.25) is 5.02 Å². The van der Waals surface area contributed by atoms with Gasteiger partial charge < -0.3 is 5.32 Å². The highest BCUT2D eigenvalue weighted by molar-refractivity contribution is 6.30. The van der Waals surface area contributed by atoms with Gasteiger partial charge in [-0.25, -0.2) is 0 Å². The van der Waals surface area contributed by atoms with Crippen LogP contribution in [0.5, 0.6) is 0 Å². The molecule has 18 heavy (non-hydrogen) atoms. The predicted octanol–water partition coefficient (Wildman–Crippen LogP) is 2.62. The quantitative estimate of drug-likeness (QED) is 0.924. The van der Waals surface area contributed by atoms with Crippen LogP contribution in [0.4, 0.5) is 0 Å². The van der Waals surface area contributed by atoms with E-state index in [-0.39, 0.29) is 11.9 Å². The van der Waals surface area contributed by atoms with Crippen LogP contribution in [0.25, 0.3) is 0 Å². The minimum Gasteiger partial charge on any atom is -0.345 e. The van der Waals surface area contributed by atoms with Crippen molar-refractivity contribution >= 4 is 17.5 Å². The number of benzene rings is 1. The third-order valence-corrected chi connectivity index (χ3v) is 2.82. The summed E-state index contributed by atoms with van der Waals surface area (Å²) >= 11 is 5.82. The minimum absolute atomic E-state index is 0.0945. The molecule has 92 valence electrons. The molecule has 5 heteroatoms. The second kappa shape index (κ2) is 5.60. The highest BCUT2D eigenvalue weighted by Crippen LogP contribution is 2.16. The van der Waals surface area contributed by atoms with Crippen molar-refractivity contribution in [3.63, 3.8) is 0 Å². The first-order valence-electron chi connectivity index (χ1n) is 5.50. The first-order chi connectivity index (χ1) is 8.66. The lowest BCUT2D eigenvalue weighted by molar-refractivity contribution is 0.0939. The Balaban J connectivity index is 2.06. The SMILES string of the molecule is CC(NC(=O)c1ccnnc1)c1ccc(Cl)cc1. The fourth-order valence-electron chi connectivity index (χ4n) is 1.54. The second-order valence-electron chi connectivity index (χ2n) is 3.88. The smallest absolute Gasteiger partial charge is 0.253 e. The lowest BCUT2D eigenvalue weighted by Gasteiger charge is -2.14. The average Bonchev–Trinajstić information content (AvgIpc) is 2.40. The molecule has 1 aromatic heterocycles. The van der Waals surface area contributed by atoms with Crippen LogP contribution in [0, 0.1) is 0 Å². The molecule has 1 N–H and O–H groups in total. The molecular formula is C13H12ClN3O. The first-order valence-corrected chi connectivity index (χ1v) is 5.87. The highest BCUT2D eigenvalue weighted by atomic mass is 35.5. The molecule has 1 aromatic carbocycles. The van der Waals surface area contributed by atoms with Crippen molar-refractivity contribution in [3.05, 3.63) is 58.9 Å². The molecule has 0 aliphatic heterocycles. The van der Waals surface area contributed by atoms with Crippen molar-refractivity contribution in [1.82, 2.24) is 15.5 Å². The summed E-state index contributed by atoms with van der Waals surface area (Å²) in [6.45, 7) is 1.91. The van der Waals surface area contributed by atoms with Crippen LogP contribution in [-0.4, -0.2) is 16.1 Å². The number of hydrogen-bond acceptors (Lipinski definition) is 3. The van der Waals surface area contributed by atoms with Gasteiger partial charge in [0.05, 0.1) is 24.0 Å². The number of hydrogen-bond donors (Lipinski definition) is 1. The zero-order chi connectivity index (χ0) is 13.0. The Hall–Kier alpha value is -1.94. The van der Waals surface area contributed by atoms with E-state index < -0.39 is 0 Å². The van der Waals surface area contributed by atoms with Gasteiger partial charge in [0, 0.05) is 5.02 Å². The maximum atomic E-state index is 11.9. The van der Waals surface area contributed by atoms with Gasteiger partial charge in [0.15, 0.2) is 0 Å². The van der Waals surface area contributed by atoms with E-state index >= 15 is 0 Å². The van der Waals surface area contributed by atoms with Gasteiger partial charge in [-0.3, -0.25) is 4.79 Å². The fourth-order valence-corrected chi connectivity index (χ4v) is 1.67. The normalized spacial score (nSPS) is 11.9. The maximum absolute atomic E-state index is 11.9. The summed E-state index contributed by atoms with van der Waals surface area (Å²) in [5.74, 6) is -0.174. The predicted molar refractivity (Wildman–Crippen MR) is 69.4 cm³/mol. The molecule has 0 aliphatic carbocycles. The molecule has 0 fully saturated rings. The molecule has 1 unspecified atom stereocenters. The zero-order valence-electron chi connectivity index (χ0n) is 9.80. The largest absolute Gasteiger partial charge is 0.345 e. The Morgan fingerprint density at radius 3 is 2.56 bits per heavy atom. The van der Waals surface area contributed by atoms with Crippen LogP contribution >= 0.6 is 11.6 Å². The summed E-state index contributed by atoms with van der Waals surface area (Å²) in [6.07, 6.45) is 2.92. The monoisotopic (exact) mass is 261 g/mol. The Morgan fingerprint density at radius 1 is 1.22 bits per heavy atom. The Labute approximate surface area is 110 Å². The molecule has 0 bridgehead atoms. The van der Waals surface area contributed by atoms with E-state index in [0.29, 0.717) is 10.6 Å². The van der Waals surface area contributed by atoms with Crippen molar-refractivity contribution in [2.75, 3.05) is 0 Å². The number of halogens is 1. The molecule has 0 aliphatic rings. The summed E-state index contributed by atoms with van der Waals surface area (Å²) in [7, 11) is 0. The van der Waals surface area contributed by atoms with Gasteiger partial charge in [0.25, 0.3) is 5.91 Å². The molecular weight excluding hydrogens is 250 g/mol. The van der Waals surface area contributed by atoms with Gasteiger partial charge in [-0.1, -0.05) is 23.7 Å². The molecule has 1 amide bonds. The molecule has 1 atom stereocenters. The molecule has 4 nitrogen and oxygen atoms in total. The Kier molecular flexibility index (Phi) is 3.89. The van der Waals surface area contributed by atoms with Crippen LogP contribution in [0.1, 0.15) is 28.9 Å². The minimum atomic E-state index is -0.174. The van der Waals surface area contributed by atoms with Crippen LogP contribution in [0.15, 0.2) is 42.7 Å². The second-order valence-corrected chi connectivity index (χ2v) is 4.31. The first kappa shape index (κ1) is 12.5. The molecule has 0 spiro atoms. The number of rotatable bonds is 3. The van der Waals surface area contributed by atoms with E-state index in [1.54, 1.807) is 18.2 Å². The number of aromatic nitrogens is 2. The Bertz CT molecular complexity index is 528.